The zero-order valence-corrected chi connectivity index (χ0v) is 42.8. The zero-order valence-electron chi connectivity index (χ0n) is 41.2. The van der Waals surface area contributed by atoms with E-state index in [0.29, 0.717) is 34.1 Å². The summed E-state index contributed by atoms with van der Waals surface area (Å²) in [6.45, 7) is 13.9. The number of aryl methyl sites for hydroxylation is 4. The summed E-state index contributed by atoms with van der Waals surface area (Å²) < 4.78 is 38.7. The summed E-state index contributed by atoms with van der Waals surface area (Å²) in [5.74, 6) is 2.33. The van der Waals surface area contributed by atoms with Crippen LogP contribution in [-0.2, 0) is 0 Å². The molecule has 0 radical (unpaired) electrons. The molecule has 6 aromatic carbocycles. The molecule has 0 atom stereocenters. The number of alkyl halides is 2. The van der Waals surface area contributed by atoms with Crippen molar-refractivity contribution in [3.8, 4) is 45.3 Å². The first-order valence-electron chi connectivity index (χ1n) is 24.6. The lowest BCUT2D eigenvalue weighted by Crippen LogP contribution is -2.48. The Kier molecular flexibility index (Phi) is 15.8. The predicted molar refractivity (Wildman–Crippen MR) is 289 cm³/mol. The second kappa shape index (κ2) is 22.5. The molecule has 0 saturated carbocycles. The third kappa shape index (κ3) is 11.4. The van der Waals surface area contributed by atoms with Gasteiger partial charge in [-0.05, 0) is 130 Å². The van der Waals surface area contributed by atoms with Crippen LogP contribution in [0.25, 0.3) is 42.4 Å². The van der Waals surface area contributed by atoms with Crippen LogP contribution in [0.4, 0.5) is 8.78 Å². The Hall–Kier alpha value is -6.44. The molecule has 0 aliphatic carbocycles. The van der Waals surface area contributed by atoms with Crippen LogP contribution < -0.4 is 9.47 Å². The lowest BCUT2D eigenvalue weighted by molar-refractivity contribution is 0.0755. The lowest BCUT2D eigenvalue weighted by Gasteiger charge is -2.37. The van der Waals surface area contributed by atoms with Gasteiger partial charge in [0, 0.05) is 93.5 Å². The van der Waals surface area contributed by atoms with Crippen molar-refractivity contribution in [1.82, 2.24) is 9.80 Å². The molecular weight excluding hydrogens is 947 g/mol. The Morgan fingerprint density at radius 1 is 0.542 bits per heavy atom. The monoisotopic (exact) mass is 1010 g/mol. The summed E-state index contributed by atoms with van der Waals surface area (Å²) in [5.41, 5.74) is 9.09. The summed E-state index contributed by atoms with van der Waals surface area (Å²) in [6, 6.07) is 38.1. The van der Waals surface area contributed by atoms with E-state index in [9.17, 15) is 28.6 Å². The van der Waals surface area contributed by atoms with E-state index in [4.69, 9.17) is 9.47 Å². The summed E-state index contributed by atoms with van der Waals surface area (Å²) in [7, 11) is 0. The van der Waals surface area contributed by atoms with E-state index in [0.717, 1.165) is 128 Å². The number of benzene rings is 6. The molecule has 0 spiro atoms. The van der Waals surface area contributed by atoms with Gasteiger partial charge in [-0.1, -0.05) is 65.7 Å². The highest BCUT2D eigenvalue weighted by molar-refractivity contribution is 7.22. The Bertz CT molecular complexity index is 3210. The number of hydrogen-bond acceptors (Lipinski definition) is 10. The fraction of sp³-hybridized carbons (Fsp3) is 0.300. The second-order valence-electron chi connectivity index (χ2n) is 19.3. The topological polar surface area (TPSA) is 99.5 Å². The first kappa shape index (κ1) is 50.5. The van der Waals surface area contributed by atoms with E-state index < -0.39 is 0 Å². The summed E-state index contributed by atoms with van der Waals surface area (Å²) >= 11 is 2.83. The highest BCUT2D eigenvalue weighted by Crippen LogP contribution is 2.44. The van der Waals surface area contributed by atoms with Crippen molar-refractivity contribution in [2.75, 3.05) is 65.8 Å². The number of nitrogens with zero attached hydrogens (tertiary/aromatic N) is 2. The highest BCUT2D eigenvalue weighted by atomic mass is 32.1. The molecule has 10 rings (SSSR count). The summed E-state index contributed by atoms with van der Waals surface area (Å²) in [6.07, 6.45) is 1.79. The minimum absolute atomic E-state index is 0.00629. The first-order valence-corrected chi connectivity index (χ1v) is 26.3. The van der Waals surface area contributed by atoms with Gasteiger partial charge in [0.2, 0.25) is 11.6 Å². The average molecular weight is 1010 g/mol. The van der Waals surface area contributed by atoms with Crippen LogP contribution in [0.5, 0.6) is 23.0 Å². The van der Waals surface area contributed by atoms with E-state index in [-0.39, 0.29) is 48.3 Å². The number of carbonyl (C=O) groups is 2. The standard InChI is InChI=1S/2C30H30FNO3S/c1-19-4-10-25(20(2)14-19)29(34)30-28(26-11-7-23(33)15-27(26)36-30)22-5-8-24(9-6-22)35-13-3-12-32-17-21(16-31)18-32;1-19-4-5-20(2)26(14-19)29(34)30-28(25-11-8-23(33)15-27(25)36-30)22-6-9-24(10-7-22)35-13-3-12-32-17-21(16-31)18-32/h2*4-11,14-15,21,33H,3,12-13,16-18H2,1-2H3. The Balaban J connectivity index is 0.000000178. The van der Waals surface area contributed by atoms with Crippen molar-refractivity contribution in [3.63, 3.8) is 0 Å². The van der Waals surface area contributed by atoms with Gasteiger partial charge in [0.05, 0.1) is 36.3 Å². The van der Waals surface area contributed by atoms with E-state index in [1.165, 1.54) is 22.7 Å². The molecule has 2 fully saturated rings. The van der Waals surface area contributed by atoms with Crippen LogP contribution in [0.1, 0.15) is 65.6 Å². The molecule has 0 unspecified atom stereocenters. The van der Waals surface area contributed by atoms with Gasteiger partial charge in [0.15, 0.2) is 0 Å². The van der Waals surface area contributed by atoms with Crippen LogP contribution in [-0.4, -0.2) is 97.4 Å². The van der Waals surface area contributed by atoms with Crippen LogP contribution in [0.2, 0.25) is 0 Å². The maximum absolute atomic E-state index is 13.7. The Morgan fingerprint density at radius 2 is 0.986 bits per heavy atom. The van der Waals surface area contributed by atoms with Crippen LogP contribution in [0.3, 0.4) is 0 Å². The van der Waals surface area contributed by atoms with E-state index in [2.05, 4.69) is 9.80 Å². The minimum atomic E-state index is -0.224. The number of phenols is 2. The fourth-order valence-electron chi connectivity index (χ4n) is 9.66. The molecule has 2 saturated heterocycles. The van der Waals surface area contributed by atoms with Gasteiger partial charge in [0.25, 0.3) is 0 Å². The molecular formula is C60H60F2N2O6S2. The minimum Gasteiger partial charge on any atom is -0.508 e. The largest absolute Gasteiger partial charge is 0.508 e. The third-order valence-electron chi connectivity index (χ3n) is 13.6. The zero-order chi connectivity index (χ0) is 50.5. The average Bonchev–Trinajstić information content (AvgIpc) is 3.92. The Morgan fingerprint density at radius 3 is 1.44 bits per heavy atom. The number of aromatic hydroxyl groups is 2. The van der Waals surface area contributed by atoms with Gasteiger partial charge in [0.1, 0.15) is 23.0 Å². The van der Waals surface area contributed by atoms with E-state index >= 15 is 0 Å². The van der Waals surface area contributed by atoms with Crippen LogP contribution >= 0.6 is 22.7 Å². The maximum atomic E-state index is 13.7. The van der Waals surface area contributed by atoms with E-state index in [1.54, 1.807) is 24.3 Å². The van der Waals surface area contributed by atoms with Crippen molar-refractivity contribution in [2.24, 2.45) is 11.8 Å². The molecule has 372 valence electrons. The molecule has 12 heteroatoms. The molecule has 8 nitrogen and oxygen atoms in total. The SMILES string of the molecule is Cc1ccc(C(=O)c2sc3cc(O)ccc3c2-c2ccc(OCCCN3CC(CF)C3)cc2)c(C)c1.Cc1ccc(C)c(C(=O)c2sc3cc(O)ccc3c2-c2ccc(OCCCN3CC(CF)C3)cc2)c1. The molecule has 2 aromatic heterocycles. The van der Waals surface area contributed by atoms with Gasteiger partial charge in [-0.3, -0.25) is 18.4 Å². The van der Waals surface area contributed by atoms with Crippen LogP contribution in [0.15, 0.2) is 121 Å². The van der Waals surface area contributed by atoms with Crippen molar-refractivity contribution < 1.29 is 38.1 Å². The number of hydrogen-bond donors (Lipinski definition) is 2. The van der Waals surface area contributed by atoms with Gasteiger partial charge >= 0.3 is 0 Å². The molecule has 0 amide bonds. The molecule has 2 aliphatic heterocycles. The number of ether oxygens (including phenoxy) is 2. The molecule has 0 bridgehead atoms. The van der Waals surface area contributed by atoms with Crippen molar-refractivity contribution in [2.45, 2.75) is 40.5 Å². The normalized spacial score (nSPS) is 14.2. The number of halogens is 2. The van der Waals surface area contributed by atoms with Gasteiger partial charge < -0.3 is 29.5 Å². The molecule has 8 aromatic rings. The number of phenolic OH excluding ortho intramolecular Hbond substituents is 2. The predicted octanol–water partition coefficient (Wildman–Crippen LogP) is 13.6. The number of ketones is 2. The third-order valence-corrected chi connectivity index (χ3v) is 15.9. The van der Waals surface area contributed by atoms with Gasteiger partial charge in [-0.2, -0.15) is 0 Å². The second-order valence-corrected chi connectivity index (χ2v) is 21.4. The summed E-state index contributed by atoms with van der Waals surface area (Å²) in [5, 5.41) is 22.0. The smallest absolute Gasteiger partial charge is 0.203 e. The summed E-state index contributed by atoms with van der Waals surface area (Å²) in [4.78, 5) is 33.3. The van der Waals surface area contributed by atoms with E-state index in [1.807, 2.05) is 125 Å². The molecule has 2 aliphatic rings. The van der Waals surface area contributed by atoms with Gasteiger partial charge in [-0.25, -0.2) is 0 Å². The molecule has 4 heterocycles. The molecule has 72 heavy (non-hydrogen) atoms. The first-order chi connectivity index (χ1) is 34.8. The number of likely N-dealkylation sites (tertiary alicyclic amines) is 2. The maximum Gasteiger partial charge on any atom is 0.203 e. The highest BCUT2D eigenvalue weighted by Gasteiger charge is 2.28. The number of carbonyl (C=O) groups excluding carboxylic acids is 2. The fourth-order valence-corrected chi connectivity index (χ4v) is 12.1. The number of fused-ring (bicyclic) bond motifs is 2. The Labute approximate surface area is 428 Å². The number of rotatable bonds is 18. The number of thiophene rings is 2. The quantitative estimate of drug-likeness (QED) is 0.0648. The van der Waals surface area contributed by atoms with Crippen molar-refractivity contribution in [1.29, 1.82) is 0 Å². The van der Waals surface area contributed by atoms with Crippen LogP contribution in [0, 0.1) is 39.5 Å². The van der Waals surface area contributed by atoms with Gasteiger partial charge in [-0.15, -0.1) is 22.7 Å². The molecule has 2 N–H and O–H groups in total. The van der Waals surface area contributed by atoms with Crippen molar-refractivity contribution >= 4 is 54.4 Å². The van der Waals surface area contributed by atoms with Crippen molar-refractivity contribution in [3.05, 3.63) is 164 Å². The lowest BCUT2D eigenvalue weighted by atomic mass is 9.95.